The molecule has 1 aliphatic rings. The number of anilines is 1. The molecular formula is C20H24N2O2. The molecule has 0 aromatic heterocycles. The number of benzene rings is 2. The monoisotopic (exact) mass is 324 g/mol. The van der Waals surface area contributed by atoms with E-state index in [0.717, 1.165) is 35.4 Å². The predicted octanol–water partition coefficient (Wildman–Crippen LogP) is 4.63. The summed E-state index contributed by atoms with van der Waals surface area (Å²) in [6.45, 7) is 4.25. The molecule has 1 saturated carbocycles. The fourth-order valence-corrected chi connectivity index (χ4v) is 3.01. The molecule has 126 valence electrons. The molecule has 0 saturated heterocycles. The Morgan fingerprint density at radius 3 is 2.33 bits per heavy atom. The Bertz CT molecular complexity index is 719. The third-order valence-electron chi connectivity index (χ3n) is 4.58. The van der Waals surface area contributed by atoms with Crippen LogP contribution in [0.1, 0.15) is 43.7 Å². The van der Waals surface area contributed by atoms with E-state index in [0.29, 0.717) is 5.92 Å². The maximum Gasteiger partial charge on any atom is 0.319 e. The number of carbonyl (C=O) groups excluding carboxylic acids is 1. The molecule has 4 nitrogen and oxygen atoms in total. The first-order valence-electron chi connectivity index (χ1n) is 8.37. The van der Waals surface area contributed by atoms with Crippen molar-refractivity contribution in [3.63, 3.8) is 0 Å². The topological polar surface area (TPSA) is 50.4 Å². The van der Waals surface area contributed by atoms with Crippen molar-refractivity contribution in [3.8, 4) is 5.75 Å². The number of carbonyl (C=O) groups is 1. The molecule has 0 spiro atoms. The number of rotatable bonds is 5. The molecule has 2 amide bonds. The van der Waals surface area contributed by atoms with Crippen molar-refractivity contribution in [3.05, 3.63) is 59.7 Å². The van der Waals surface area contributed by atoms with Gasteiger partial charge in [0.2, 0.25) is 0 Å². The molecule has 3 rings (SSSR count). The highest BCUT2D eigenvalue weighted by Gasteiger charge is 2.45. The van der Waals surface area contributed by atoms with E-state index >= 15 is 0 Å². The Morgan fingerprint density at radius 1 is 1.08 bits per heavy atom. The first kappa shape index (κ1) is 16.4. The summed E-state index contributed by atoms with van der Waals surface area (Å²) in [7, 11) is 1.65. The minimum atomic E-state index is -0.247. The number of urea groups is 1. The van der Waals surface area contributed by atoms with E-state index in [-0.39, 0.29) is 11.6 Å². The molecule has 0 unspecified atom stereocenters. The second-order valence-electron chi connectivity index (χ2n) is 6.63. The van der Waals surface area contributed by atoms with Crippen molar-refractivity contribution in [2.45, 2.75) is 38.1 Å². The molecule has 0 aliphatic heterocycles. The van der Waals surface area contributed by atoms with E-state index in [1.54, 1.807) is 7.11 Å². The van der Waals surface area contributed by atoms with Crippen LogP contribution >= 0.6 is 0 Å². The Kier molecular flexibility index (Phi) is 4.47. The van der Waals surface area contributed by atoms with Crippen LogP contribution in [0.15, 0.2) is 48.5 Å². The third kappa shape index (κ3) is 3.37. The van der Waals surface area contributed by atoms with E-state index < -0.39 is 0 Å². The van der Waals surface area contributed by atoms with Crippen LogP contribution in [0.4, 0.5) is 10.5 Å². The number of methoxy groups -OCH3 is 1. The molecule has 1 aliphatic carbocycles. The van der Waals surface area contributed by atoms with Crippen LogP contribution in [0.3, 0.4) is 0 Å². The van der Waals surface area contributed by atoms with Crippen molar-refractivity contribution < 1.29 is 9.53 Å². The van der Waals surface area contributed by atoms with Crippen LogP contribution < -0.4 is 15.4 Å². The van der Waals surface area contributed by atoms with Gasteiger partial charge in [-0.2, -0.15) is 0 Å². The van der Waals surface area contributed by atoms with E-state index in [1.807, 2.05) is 42.5 Å². The predicted molar refractivity (Wildman–Crippen MR) is 96.6 cm³/mol. The number of nitrogens with one attached hydrogen (secondary N) is 2. The minimum absolute atomic E-state index is 0.156. The van der Waals surface area contributed by atoms with Crippen LogP contribution in [0.2, 0.25) is 0 Å². The standard InChI is InChI=1S/C20H24N2O2/c1-14(2)17-6-4-5-7-18(17)21-19(23)22-20(12-13-20)15-8-10-16(24-3)11-9-15/h4-11,14H,12-13H2,1-3H3,(H2,21,22,23). The molecular weight excluding hydrogens is 300 g/mol. The minimum Gasteiger partial charge on any atom is -0.497 e. The average Bonchev–Trinajstić information content (AvgIpc) is 3.35. The van der Waals surface area contributed by atoms with Gasteiger partial charge >= 0.3 is 6.03 Å². The Hall–Kier alpha value is -2.49. The van der Waals surface area contributed by atoms with Gasteiger partial charge in [-0.05, 0) is 48.1 Å². The zero-order chi connectivity index (χ0) is 17.2. The first-order chi connectivity index (χ1) is 11.5. The van der Waals surface area contributed by atoms with Gasteiger partial charge in [0.1, 0.15) is 5.75 Å². The lowest BCUT2D eigenvalue weighted by Gasteiger charge is -2.20. The third-order valence-corrected chi connectivity index (χ3v) is 4.58. The van der Waals surface area contributed by atoms with Gasteiger partial charge in [0, 0.05) is 5.69 Å². The fourth-order valence-electron chi connectivity index (χ4n) is 3.01. The molecule has 1 fully saturated rings. The second kappa shape index (κ2) is 6.56. The molecule has 2 N–H and O–H groups in total. The smallest absolute Gasteiger partial charge is 0.319 e. The summed E-state index contributed by atoms with van der Waals surface area (Å²) in [6.07, 6.45) is 1.91. The molecule has 0 radical (unpaired) electrons. The number of amides is 2. The summed E-state index contributed by atoms with van der Waals surface area (Å²) in [5, 5.41) is 6.15. The highest BCUT2D eigenvalue weighted by molar-refractivity contribution is 5.91. The zero-order valence-corrected chi connectivity index (χ0v) is 14.4. The zero-order valence-electron chi connectivity index (χ0n) is 14.4. The van der Waals surface area contributed by atoms with Crippen molar-refractivity contribution in [2.75, 3.05) is 12.4 Å². The van der Waals surface area contributed by atoms with E-state index in [4.69, 9.17) is 4.74 Å². The lowest BCUT2D eigenvalue weighted by molar-refractivity contribution is 0.247. The van der Waals surface area contributed by atoms with Gasteiger partial charge in [-0.15, -0.1) is 0 Å². The molecule has 0 atom stereocenters. The van der Waals surface area contributed by atoms with Gasteiger partial charge < -0.3 is 15.4 Å². The number of hydrogen-bond donors (Lipinski definition) is 2. The van der Waals surface area contributed by atoms with Crippen molar-refractivity contribution in [1.29, 1.82) is 0 Å². The molecule has 4 heteroatoms. The van der Waals surface area contributed by atoms with Crippen LogP contribution in [0.25, 0.3) is 0 Å². The molecule has 2 aromatic rings. The number of ether oxygens (including phenoxy) is 1. The lowest BCUT2D eigenvalue weighted by Crippen LogP contribution is -2.38. The quantitative estimate of drug-likeness (QED) is 0.842. The highest BCUT2D eigenvalue weighted by Crippen LogP contribution is 2.45. The van der Waals surface area contributed by atoms with Gasteiger partial charge in [0.15, 0.2) is 0 Å². The van der Waals surface area contributed by atoms with E-state index in [9.17, 15) is 4.79 Å². The molecule has 2 aromatic carbocycles. The summed E-state index contributed by atoms with van der Waals surface area (Å²) in [4.78, 5) is 12.5. The molecule has 24 heavy (non-hydrogen) atoms. The Balaban J connectivity index is 1.70. The van der Waals surface area contributed by atoms with E-state index in [1.165, 1.54) is 0 Å². The SMILES string of the molecule is COc1ccc(C2(NC(=O)Nc3ccccc3C(C)C)CC2)cc1. The highest BCUT2D eigenvalue weighted by atomic mass is 16.5. The van der Waals surface area contributed by atoms with Crippen LogP contribution in [-0.4, -0.2) is 13.1 Å². The Labute approximate surface area is 143 Å². The summed E-state index contributed by atoms with van der Waals surface area (Å²) < 4.78 is 5.20. The summed E-state index contributed by atoms with van der Waals surface area (Å²) >= 11 is 0. The van der Waals surface area contributed by atoms with Gasteiger partial charge in [-0.3, -0.25) is 0 Å². The van der Waals surface area contributed by atoms with E-state index in [2.05, 4.69) is 30.5 Å². The largest absolute Gasteiger partial charge is 0.497 e. The second-order valence-corrected chi connectivity index (χ2v) is 6.63. The van der Waals surface area contributed by atoms with Crippen LogP contribution in [0, 0.1) is 0 Å². The first-order valence-corrected chi connectivity index (χ1v) is 8.37. The summed E-state index contributed by atoms with van der Waals surface area (Å²) in [6, 6.07) is 15.7. The average molecular weight is 324 g/mol. The van der Waals surface area contributed by atoms with Crippen molar-refractivity contribution in [1.82, 2.24) is 5.32 Å². The van der Waals surface area contributed by atoms with Gasteiger partial charge in [0.25, 0.3) is 0 Å². The molecule has 0 bridgehead atoms. The Morgan fingerprint density at radius 2 is 1.75 bits per heavy atom. The van der Waals surface area contributed by atoms with Gasteiger partial charge in [-0.25, -0.2) is 4.79 Å². The maximum atomic E-state index is 12.5. The lowest BCUT2D eigenvalue weighted by atomic mass is 10.0. The fraction of sp³-hybridized carbons (Fsp3) is 0.350. The molecule has 0 heterocycles. The summed E-state index contributed by atoms with van der Waals surface area (Å²) in [5.74, 6) is 1.18. The van der Waals surface area contributed by atoms with Crippen molar-refractivity contribution >= 4 is 11.7 Å². The summed E-state index contributed by atoms with van der Waals surface area (Å²) in [5.41, 5.74) is 2.89. The number of hydrogen-bond acceptors (Lipinski definition) is 2. The van der Waals surface area contributed by atoms with Crippen LogP contribution in [-0.2, 0) is 5.54 Å². The van der Waals surface area contributed by atoms with Crippen molar-refractivity contribution in [2.24, 2.45) is 0 Å². The normalized spacial score (nSPS) is 15.0. The maximum absolute atomic E-state index is 12.5. The van der Waals surface area contributed by atoms with Crippen LogP contribution in [0.5, 0.6) is 5.75 Å². The van der Waals surface area contributed by atoms with Gasteiger partial charge in [-0.1, -0.05) is 44.2 Å². The number of para-hydroxylation sites is 1. The van der Waals surface area contributed by atoms with Gasteiger partial charge in [0.05, 0.1) is 12.6 Å².